The summed E-state index contributed by atoms with van der Waals surface area (Å²) in [5, 5.41) is 9.23. The molecular weight excluding hydrogens is 297 g/mol. The predicted molar refractivity (Wildman–Crippen MR) is 73.2 cm³/mol. The van der Waals surface area contributed by atoms with Gasteiger partial charge < -0.3 is 10.0 Å². The lowest BCUT2D eigenvalue weighted by molar-refractivity contribution is -0.0125. The molecule has 0 bridgehead atoms. The number of alkyl halides is 2. The maximum atomic E-state index is 13.4. The first-order valence-corrected chi connectivity index (χ1v) is 7.19. The second-order valence-electron chi connectivity index (χ2n) is 5.94. The average molecular weight is 314 g/mol. The second-order valence-corrected chi connectivity index (χ2v) is 5.94. The summed E-state index contributed by atoms with van der Waals surface area (Å²) >= 11 is 0. The Morgan fingerprint density at radius 2 is 1.91 bits per heavy atom. The van der Waals surface area contributed by atoms with Gasteiger partial charge in [0.05, 0.1) is 13.2 Å². The van der Waals surface area contributed by atoms with Crippen molar-refractivity contribution < 1.29 is 23.1 Å². The van der Waals surface area contributed by atoms with Crippen LogP contribution in [0.15, 0.2) is 24.3 Å². The van der Waals surface area contributed by atoms with Gasteiger partial charge in [-0.05, 0) is 24.3 Å². The van der Waals surface area contributed by atoms with Gasteiger partial charge in [-0.2, -0.15) is 0 Å². The predicted octanol–water partition coefficient (Wildman–Crippen LogP) is 1.35. The van der Waals surface area contributed by atoms with E-state index >= 15 is 0 Å². The molecule has 2 fully saturated rings. The lowest BCUT2D eigenvalue weighted by Gasteiger charge is -2.45. The van der Waals surface area contributed by atoms with E-state index in [0.29, 0.717) is 18.7 Å². The lowest BCUT2D eigenvalue weighted by Crippen LogP contribution is -2.62. The van der Waals surface area contributed by atoms with E-state index in [9.17, 15) is 23.1 Å². The summed E-state index contributed by atoms with van der Waals surface area (Å²) in [4.78, 5) is 15.3. The van der Waals surface area contributed by atoms with Gasteiger partial charge in [0.25, 0.3) is 11.8 Å². The number of carbonyl (C=O) groups excluding carboxylic acids is 1. The number of carbonyl (C=O) groups is 1. The minimum Gasteiger partial charge on any atom is -0.395 e. The summed E-state index contributed by atoms with van der Waals surface area (Å²) in [6.45, 7) is 0.0189. The van der Waals surface area contributed by atoms with Crippen LogP contribution >= 0.6 is 0 Å². The summed E-state index contributed by atoms with van der Waals surface area (Å²) in [5.41, 5.74) is 0.380. The maximum Gasteiger partial charge on any atom is 0.262 e. The molecule has 1 aromatic rings. The van der Waals surface area contributed by atoms with Gasteiger partial charge in [-0.1, -0.05) is 0 Å². The molecule has 0 spiro atoms. The molecule has 0 aromatic heterocycles. The first kappa shape index (κ1) is 15.3. The van der Waals surface area contributed by atoms with Gasteiger partial charge in [-0.15, -0.1) is 0 Å². The van der Waals surface area contributed by atoms with Gasteiger partial charge in [0.15, 0.2) is 0 Å². The Morgan fingerprint density at radius 1 is 1.27 bits per heavy atom. The molecule has 7 heteroatoms. The van der Waals surface area contributed by atoms with E-state index in [4.69, 9.17) is 0 Å². The molecule has 2 aliphatic rings. The topological polar surface area (TPSA) is 43.8 Å². The van der Waals surface area contributed by atoms with Crippen molar-refractivity contribution in [3.05, 3.63) is 35.6 Å². The third-order valence-electron chi connectivity index (χ3n) is 4.34. The smallest absolute Gasteiger partial charge is 0.262 e. The van der Waals surface area contributed by atoms with Crippen molar-refractivity contribution in [3.63, 3.8) is 0 Å². The zero-order valence-corrected chi connectivity index (χ0v) is 11.9. The van der Waals surface area contributed by atoms with Crippen molar-refractivity contribution in [2.45, 2.75) is 24.4 Å². The summed E-state index contributed by atoms with van der Waals surface area (Å²) < 4.78 is 39.7. The van der Waals surface area contributed by atoms with Crippen molar-refractivity contribution in [3.8, 4) is 0 Å². The summed E-state index contributed by atoms with van der Waals surface area (Å²) in [6, 6.07) is 4.54. The fourth-order valence-electron chi connectivity index (χ4n) is 3.13. The van der Waals surface area contributed by atoms with E-state index in [1.54, 1.807) is 9.80 Å². The van der Waals surface area contributed by atoms with Crippen LogP contribution in [0.25, 0.3) is 0 Å². The number of aliphatic hydroxyl groups excluding tert-OH is 1. The van der Waals surface area contributed by atoms with Crippen LogP contribution in [0, 0.1) is 5.82 Å². The molecule has 3 rings (SSSR count). The minimum absolute atomic E-state index is 0.157. The molecule has 1 amide bonds. The number of aliphatic hydroxyl groups is 1. The van der Waals surface area contributed by atoms with E-state index < -0.39 is 17.8 Å². The normalized spacial score (nSPS) is 25.3. The third kappa shape index (κ3) is 2.83. The SMILES string of the molecule is O=C(c1ccc(F)cc1)N1CC(N2CC(F)(F)C[C@H]2CO)C1. The second kappa shape index (κ2) is 5.55. The molecule has 2 heterocycles. The first-order chi connectivity index (χ1) is 10.4. The Morgan fingerprint density at radius 3 is 2.50 bits per heavy atom. The van der Waals surface area contributed by atoms with Gasteiger partial charge in [0.2, 0.25) is 0 Å². The number of likely N-dealkylation sites (tertiary alicyclic amines) is 2. The van der Waals surface area contributed by atoms with Crippen LogP contribution in [0.4, 0.5) is 13.2 Å². The van der Waals surface area contributed by atoms with E-state index in [0.717, 1.165) is 0 Å². The minimum atomic E-state index is -2.78. The molecule has 0 aliphatic carbocycles. The standard InChI is InChI=1S/C15H17F3N2O2/c16-11-3-1-10(2-4-11)14(22)19-6-13(7-19)20-9-15(17,18)5-12(20)8-21/h1-4,12-13,21H,5-9H2/t12-/m0/s1. The van der Waals surface area contributed by atoms with Crippen LogP contribution in [-0.2, 0) is 0 Å². The van der Waals surface area contributed by atoms with Crippen LogP contribution in [0.1, 0.15) is 16.8 Å². The Balaban J connectivity index is 1.60. The third-order valence-corrected chi connectivity index (χ3v) is 4.34. The van der Waals surface area contributed by atoms with E-state index in [-0.39, 0.29) is 31.5 Å². The first-order valence-electron chi connectivity index (χ1n) is 7.19. The average Bonchev–Trinajstić information content (AvgIpc) is 2.73. The molecule has 1 atom stereocenters. The Hall–Kier alpha value is -1.60. The molecule has 1 N–H and O–H groups in total. The molecule has 4 nitrogen and oxygen atoms in total. The van der Waals surface area contributed by atoms with Gasteiger partial charge in [-0.25, -0.2) is 13.2 Å². The van der Waals surface area contributed by atoms with Crippen molar-refractivity contribution in [2.24, 2.45) is 0 Å². The highest BCUT2D eigenvalue weighted by Crippen LogP contribution is 2.35. The molecule has 0 saturated carbocycles. The number of hydrogen-bond acceptors (Lipinski definition) is 3. The Labute approximate surface area is 126 Å². The molecule has 22 heavy (non-hydrogen) atoms. The summed E-state index contributed by atoms with van der Waals surface area (Å²) in [6.07, 6.45) is -0.341. The number of halogens is 3. The highest BCUT2D eigenvalue weighted by atomic mass is 19.3. The zero-order valence-electron chi connectivity index (χ0n) is 11.9. The van der Waals surface area contributed by atoms with E-state index in [2.05, 4.69) is 0 Å². The number of amides is 1. The van der Waals surface area contributed by atoms with Crippen LogP contribution in [-0.4, -0.2) is 65.1 Å². The largest absolute Gasteiger partial charge is 0.395 e. The molecule has 0 unspecified atom stereocenters. The number of rotatable bonds is 3. The molecule has 1 aromatic carbocycles. The van der Waals surface area contributed by atoms with Crippen molar-refractivity contribution >= 4 is 5.91 Å². The Bertz CT molecular complexity index is 558. The molecular formula is C15H17F3N2O2. The van der Waals surface area contributed by atoms with Crippen molar-refractivity contribution in [2.75, 3.05) is 26.2 Å². The lowest BCUT2D eigenvalue weighted by atomic mass is 10.0. The van der Waals surface area contributed by atoms with Gasteiger partial charge in [0.1, 0.15) is 5.82 Å². The van der Waals surface area contributed by atoms with Gasteiger partial charge in [-0.3, -0.25) is 9.69 Å². The van der Waals surface area contributed by atoms with E-state index in [1.807, 2.05) is 0 Å². The van der Waals surface area contributed by atoms with Crippen molar-refractivity contribution in [1.29, 1.82) is 0 Å². The summed E-state index contributed by atoms with van der Waals surface area (Å²) in [7, 11) is 0. The maximum absolute atomic E-state index is 13.4. The Kier molecular flexibility index (Phi) is 3.86. The number of hydrogen-bond donors (Lipinski definition) is 1. The monoisotopic (exact) mass is 314 g/mol. The number of nitrogens with zero attached hydrogens (tertiary/aromatic N) is 2. The van der Waals surface area contributed by atoms with Crippen LogP contribution < -0.4 is 0 Å². The van der Waals surface area contributed by atoms with Crippen LogP contribution in [0.2, 0.25) is 0 Å². The highest BCUT2D eigenvalue weighted by Gasteiger charge is 2.49. The molecule has 120 valence electrons. The van der Waals surface area contributed by atoms with E-state index in [1.165, 1.54) is 24.3 Å². The van der Waals surface area contributed by atoms with Gasteiger partial charge in [0, 0.05) is 37.2 Å². The van der Waals surface area contributed by atoms with Crippen molar-refractivity contribution in [1.82, 2.24) is 9.80 Å². The zero-order chi connectivity index (χ0) is 15.9. The molecule has 2 saturated heterocycles. The molecule has 0 radical (unpaired) electrons. The van der Waals surface area contributed by atoms with Crippen LogP contribution in [0.3, 0.4) is 0 Å². The quantitative estimate of drug-likeness (QED) is 0.916. The summed E-state index contributed by atoms with van der Waals surface area (Å²) in [5.74, 6) is -3.43. The molecule has 2 aliphatic heterocycles. The number of benzene rings is 1. The van der Waals surface area contributed by atoms with Gasteiger partial charge >= 0.3 is 0 Å². The fraction of sp³-hybridized carbons (Fsp3) is 0.533. The van der Waals surface area contributed by atoms with Crippen LogP contribution in [0.5, 0.6) is 0 Å². The fourth-order valence-corrected chi connectivity index (χ4v) is 3.13. The highest BCUT2D eigenvalue weighted by molar-refractivity contribution is 5.94.